The standard InChI is InChI=1S/C28H35N3O6/c1-5-6-10-20(27-23(36-3)14-18(2)15-24(27)37-4)30-25(32)12-13-29-28(35)22-16-19-9-7-8-11-21(19)31(22)17-26(33)34/h7-9,11,14-16,20H,5-6,10,12-13,17H2,1-4H3,(H,29,35)(H,30,32)(H,33,34). The van der Waals surface area contributed by atoms with Gasteiger partial charge in [0, 0.05) is 23.9 Å². The van der Waals surface area contributed by atoms with Gasteiger partial charge in [-0.2, -0.15) is 0 Å². The Morgan fingerprint density at radius 2 is 1.73 bits per heavy atom. The summed E-state index contributed by atoms with van der Waals surface area (Å²) in [6.07, 6.45) is 2.63. The van der Waals surface area contributed by atoms with E-state index in [1.54, 1.807) is 32.4 Å². The molecule has 2 amide bonds. The van der Waals surface area contributed by atoms with Crippen molar-refractivity contribution in [1.29, 1.82) is 0 Å². The predicted molar refractivity (Wildman–Crippen MR) is 141 cm³/mol. The van der Waals surface area contributed by atoms with E-state index in [0.717, 1.165) is 29.4 Å². The third kappa shape index (κ3) is 6.81. The molecule has 0 spiro atoms. The van der Waals surface area contributed by atoms with Crippen LogP contribution in [-0.2, 0) is 16.1 Å². The lowest BCUT2D eigenvalue weighted by molar-refractivity contribution is -0.137. The molecule has 1 atom stereocenters. The number of para-hydroxylation sites is 1. The number of carbonyl (C=O) groups excluding carboxylic acids is 2. The van der Waals surface area contributed by atoms with Gasteiger partial charge in [0.05, 0.1) is 25.8 Å². The molecular formula is C28H35N3O6. The molecule has 3 aromatic rings. The summed E-state index contributed by atoms with van der Waals surface area (Å²) in [5.74, 6) is -0.405. The number of carboxylic acids is 1. The van der Waals surface area contributed by atoms with Crippen LogP contribution < -0.4 is 20.1 Å². The molecule has 0 saturated carbocycles. The van der Waals surface area contributed by atoms with E-state index in [-0.39, 0.29) is 37.2 Å². The highest BCUT2D eigenvalue weighted by molar-refractivity contribution is 5.99. The minimum Gasteiger partial charge on any atom is -0.496 e. The lowest BCUT2D eigenvalue weighted by Crippen LogP contribution is -2.34. The average molecular weight is 510 g/mol. The third-order valence-electron chi connectivity index (χ3n) is 6.19. The summed E-state index contributed by atoms with van der Waals surface area (Å²) in [6.45, 7) is 3.80. The van der Waals surface area contributed by atoms with Gasteiger partial charge in [-0.1, -0.05) is 38.0 Å². The molecule has 0 fully saturated rings. The molecule has 3 N–H and O–H groups in total. The molecule has 3 rings (SSSR count). The third-order valence-corrected chi connectivity index (χ3v) is 6.19. The lowest BCUT2D eigenvalue weighted by atomic mass is 9.97. The Kier molecular flexibility index (Phi) is 9.54. The molecule has 0 aliphatic heterocycles. The summed E-state index contributed by atoms with van der Waals surface area (Å²) in [4.78, 5) is 37.2. The number of methoxy groups -OCH3 is 2. The molecule has 0 radical (unpaired) electrons. The maximum absolute atomic E-state index is 12.9. The first-order valence-electron chi connectivity index (χ1n) is 12.4. The molecule has 1 unspecified atom stereocenters. The number of rotatable bonds is 13. The Labute approximate surface area is 216 Å². The van der Waals surface area contributed by atoms with E-state index in [1.165, 1.54) is 4.57 Å². The van der Waals surface area contributed by atoms with Gasteiger partial charge < -0.3 is 29.8 Å². The summed E-state index contributed by atoms with van der Waals surface area (Å²) in [6, 6.07) is 12.4. The van der Waals surface area contributed by atoms with Gasteiger partial charge in [0.25, 0.3) is 5.91 Å². The van der Waals surface area contributed by atoms with Crippen LogP contribution in [-0.4, -0.2) is 48.2 Å². The van der Waals surface area contributed by atoms with Gasteiger partial charge in [0.2, 0.25) is 5.91 Å². The van der Waals surface area contributed by atoms with Crippen molar-refractivity contribution in [2.75, 3.05) is 20.8 Å². The van der Waals surface area contributed by atoms with Crippen molar-refractivity contribution in [3.8, 4) is 11.5 Å². The number of hydrogen-bond acceptors (Lipinski definition) is 5. The van der Waals surface area contributed by atoms with Crippen molar-refractivity contribution in [2.24, 2.45) is 0 Å². The number of unbranched alkanes of at least 4 members (excludes halogenated alkanes) is 1. The fourth-order valence-electron chi connectivity index (χ4n) is 4.46. The molecule has 0 bridgehead atoms. The van der Waals surface area contributed by atoms with E-state index in [2.05, 4.69) is 17.6 Å². The smallest absolute Gasteiger partial charge is 0.323 e. The Balaban J connectivity index is 1.70. The first-order chi connectivity index (χ1) is 17.8. The minimum absolute atomic E-state index is 0.0595. The number of amides is 2. The second kappa shape index (κ2) is 12.8. The van der Waals surface area contributed by atoms with Gasteiger partial charge in [0.15, 0.2) is 0 Å². The highest BCUT2D eigenvalue weighted by Crippen LogP contribution is 2.37. The first kappa shape index (κ1) is 27.6. The Morgan fingerprint density at radius 1 is 1.05 bits per heavy atom. The van der Waals surface area contributed by atoms with Crippen LogP contribution in [0.4, 0.5) is 0 Å². The second-order valence-electron chi connectivity index (χ2n) is 8.92. The summed E-state index contributed by atoms with van der Waals surface area (Å²) in [5, 5.41) is 15.9. The van der Waals surface area contributed by atoms with Crippen LogP contribution in [0.3, 0.4) is 0 Å². The summed E-state index contributed by atoms with van der Waals surface area (Å²) in [5.41, 5.74) is 2.67. The van der Waals surface area contributed by atoms with Crippen LogP contribution >= 0.6 is 0 Å². The van der Waals surface area contributed by atoms with Gasteiger partial charge in [-0.15, -0.1) is 0 Å². The number of benzene rings is 2. The number of ether oxygens (including phenoxy) is 2. The number of aromatic nitrogens is 1. The number of hydrogen-bond donors (Lipinski definition) is 3. The molecule has 2 aromatic carbocycles. The number of nitrogens with zero attached hydrogens (tertiary/aromatic N) is 1. The molecule has 0 aliphatic rings. The minimum atomic E-state index is -1.05. The van der Waals surface area contributed by atoms with Crippen molar-refractivity contribution >= 4 is 28.7 Å². The molecule has 0 saturated heterocycles. The Morgan fingerprint density at radius 3 is 2.35 bits per heavy atom. The van der Waals surface area contributed by atoms with Crippen molar-refractivity contribution in [1.82, 2.24) is 15.2 Å². The molecule has 1 aromatic heterocycles. The van der Waals surface area contributed by atoms with E-state index in [4.69, 9.17) is 9.47 Å². The summed E-state index contributed by atoms with van der Waals surface area (Å²) >= 11 is 0. The quantitative estimate of drug-likeness (QED) is 0.317. The molecular weight excluding hydrogens is 474 g/mol. The zero-order valence-corrected chi connectivity index (χ0v) is 21.8. The lowest BCUT2D eigenvalue weighted by Gasteiger charge is -2.24. The van der Waals surface area contributed by atoms with E-state index in [9.17, 15) is 19.5 Å². The van der Waals surface area contributed by atoms with Crippen LogP contribution in [0.1, 0.15) is 60.3 Å². The predicted octanol–water partition coefficient (Wildman–Crippen LogP) is 4.22. The SMILES string of the molecule is CCCCC(NC(=O)CCNC(=O)c1cc2ccccc2n1CC(=O)O)c1c(OC)cc(C)cc1OC. The van der Waals surface area contributed by atoms with E-state index in [1.807, 2.05) is 31.2 Å². The number of carbonyl (C=O) groups is 3. The molecule has 198 valence electrons. The molecule has 9 heteroatoms. The van der Waals surface area contributed by atoms with Crippen molar-refractivity contribution in [2.45, 2.75) is 52.1 Å². The van der Waals surface area contributed by atoms with Gasteiger partial charge >= 0.3 is 5.97 Å². The van der Waals surface area contributed by atoms with E-state index < -0.39 is 11.9 Å². The number of fused-ring (bicyclic) bond motifs is 1. The molecule has 0 aliphatic carbocycles. The van der Waals surface area contributed by atoms with Crippen molar-refractivity contribution in [3.63, 3.8) is 0 Å². The highest BCUT2D eigenvalue weighted by atomic mass is 16.5. The Bertz CT molecular complexity index is 1240. The number of carboxylic acid groups (broad SMARTS) is 1. The number of aryl methyl sites for hydroxylation is 1. The Hall–Kier alpha value is -4.01. The number of aliphatic carboxylic acids is 1. The van der Waals surface area contributed by atoms with Crippen LogP contribution in [0, 0.1) is 6.92 Å². The largest absolute Gasteiger partial charge is 0.496 e. The fourth-order valence-corrected chi connectivity index (χ4v) is 4.46. The van der Waals surface area contributed by atoms with Crippen LogP contribution in [0.5, 0.6) is 11.5 Å². The van der Waals surface area contributed by atoms with E-state index >= 15 is 0 Å². The van der Waals surface area contributed by atoms with Crippen molar-refractivity contribution < 1.29 is 29.0 Å². The molecule has 9 nitrogen and oxygen atoms in total. The summed E-state index contributed by atoms with van der Waals surface area (Å²) in [7, 11) is 3.19. The average Bonchev–Trinajstić information content (AvgIpc) is 3.23. The second-order valence-corrected chi connectivity index (χ2v) is 8.92. The molecule has 1 heterocycles. The van der Waals surface area contributed by atoms with Gasteiger partial charge in [-0.25, -0.2) is 0 Å². The maximum atomic E-state index is 12.9. The number of nitrogens with one attached hydrogen (secondary N) is 2. The normalized spacial score (nSPS) is 11.7. The van der Waals surface area contributed by atoms with Crippen molar-refractivity contribution in [3.05, 3.63) is 59.3 Å². The molecule has 37 heavy (non-hydrogen) atoms. The van der Waals surface area contributed by atoms with Crippen LogP contribution in [0.15, 0.2) is 42.5 Å². The topological polar surface area (TPSA) is 119 Å². The van der Waals surface area contributed by atoms with Gasteiger partial charge in [-0.3, -0.25) is 14.4 Å². The zero-order chi connectivity index (χ0) is 26.9. The van der Waals surface area contributed by atoms with Gasteiger partial charge in [0.1, 0.15) is 23.7 Å². The van der Waals surface area contributed by atoms with E-state index in [0.29, 0.717) is 23.4 Å². The zero-order valence-electron chi connectivity index (χ0n) is 21.8. The fraction of sp³-hybridized carbons (Fsp3) is 0.393. The summed E-state index contributed by atoms with van der Waals surface area (Å²) < 4.78 is 12.7. The van der Waals surface area contributed by atoms with Crippen LogP contribution in [0.25, 0.3) is 10.9 Å². The monoisotopic (exact) mass is 509 g/mol. The highest BCUT2D eigenvalue weighted by Gasteiger charge is 2.23. The van der Waals surface area contributed by atoms with Crippen LogP contribution in [0.2, 0.25) is 0 Å². The first-order valence-corrected chi connectivity index (χ1v) is 12.4. The van der Waals surface area contributed by atoms with Gasteiger partial charge in [-0.05, 0) is 43.2 Å². The maximum Gasteiger partial charge on any atom is 0.323 e.